The average Bonchev–Trinajstić information content (AvgIpc) is 3.14. The van der Waals surface area contributed by atoms with E-state index in [-0.39, 0.29) is 24.9 Å². The molecule has 0 aliphatic carbocycles. The number of carboxylic acids is 1. The highest BCUT2D eigenvalue weighted by Gasteiger charge is 2.25. The molecule has 3 rings (SSSR count). The van der Waals surface area contributed by atoms with Crippen molar-refractivity contribution in [3.05, 3.63) is 64.5 Å². The van der Waals surface area contributed by atoms with E-state index in [9.17, 15) is 9.59 Å². The minimum atomic E-state index is -0.909. The lowest BCUT2D eigenvalue weighted by atomic mass is 9.91. The van der Waals surface area contributed by atoms with Gasteiger partial charge in [-0.05, 0) is 54.1 Å². The molecule has 0 bridgehead atoms. The van der Waals surface area contributed by atoms with Gasteiger partial charge < -0.3 is 15.3 Å². The molecule has 6 heteroatoms. The largest absolute Gasteiger partial charge is 0.481 e. The number of anilines is 1. The minimum absolute atomic E-state index is 0.0620. The maximum Gasteiger partial charge on any atom is 0.305 e. The first kappa shape index (κ1) is 23.8. The van der Waals surface area contributed by atoms with Gasteiger partial charge in [-0.1, -0.05) is 44.9 Å². The molecule has 2 N–H and O–H groups in total. The van der Waals surface area contributed by atoms with Crippen molar-refractivity contribution in [2.24, 2.45) is 5.92 Å². The maximum absolute atomic E-state index is 12.6. The van der Waals surface area contributed by atoms with E-state index in [1.165, 1.54) is 25.4 Å². The average molecular weight is 453 g/mol. The topological polar surface area (TPSA) is 69.6 Å². The highest BCUT2D eigenvalue weighted by Crippen LogP contribution is 2.41. The number of rotatable bonds is 10. The fourth-order valence-electron chi connectivity index (χ4n) is 4.12. The lowest BCUT2D eigenvalue weighted by Crippen LogP contribution is -2.29. The minimum Gasteiger partial charge on any atom is -0.481 e. The molecule has 0 radical (unpaired) electrons. The fraction of sp³-hybridized carbons (Fsp3) is 0.385. The van der Waals surface area contributed by atoms with Gasteiger partial charge >= 0.3 is 5.97 Å². The summed E-state index contributed by atoms with van der Waals surface area (Å²) in [7, 11) is 1.63. The van der Waals surface area contributed by atoms with Gasteiger partial charge in [-0.2, -0.15) is 0 Å². The van der Waals surface area contributed by atoms with Gasteiger partial charge in [0.15, 0.2) is 0 Å². The lowest BCUT2D eigenvalue weighted by Gasteiger charge is -2.27. The van der Waals surface area contributed by atoms with Crippen LogP contribution >= 0.6 is 11.3 Å². The number of thiophene rings is 1. The summed E-state index contributed by atoms with van der Waals surface area (Å²) < 4.78 is 1.31. The van der Waals surface area contributed by atoms with Crippen molar-refractivity contribution >= 4 is 39.0 Å². The number of nitrogens with zero attached hydrogens (tertiary/aromatic N) is 1. The number of carboxylic acid groups (broad SMARTS) is 1. The van der Waals surface area contributed by atoms with Gasteiger partial charge in [0, 0.05) is 34.4 Å². The molecule has 32 heavy (non-hydrogen) atoms. The molecule has 0 fully saturated rings. The summed E-state index contributed by atoms with van der Waals surface area (Å²) in [5.41, 5.74) is 2.87. The molecule has 0 aliphatic rings. The molecule has 1 amide bonds. The van der Waals surface area contributed by atoms with Crippen LogP contribution in [0, 0.1) is 12.8 Å². The number of benzene rings is 2. The number of fused-ring (bicyclic) bond motifs is 1. The van der Waals surface area contributed by atoms with Crippen molar-refractivity contribution < 1.29 is 14.7 Å². The Labute approximate surface area is 194 Å². The van der Waals surface area contributed by atoms with Gasteiger partial charge in [0.05, 0.1) is 12.5 Å². The Bertz CT molecular complexity index is 1070. The van der Waals surface area contributed by atoms with Crippen molar-refractivity contribution in [3.63, 3.8) is 0 Å². The van der Waals surface area contributed by atoms with E-state index in [0.29, 0.717) is 11.5 Å². The number of carbonyl (C=O) groups excluding carboxylic acids is 1. The molecule has 1 aromatic heterocycles. The third-order valence-corrected chi connectivity index (χ3v) is 7.50. The van der Waals surface area contributed by atoms with Crippen molar-refractivity contribution in [1.82, 2.24) is 4.90 Å². The van der Waals surface area contributed by atoms with E-state index >= 15 is 0 Å². The quantitative estimate of drug-likeness (QED) is 0.376. The smallest absolute Gasteiger partial charge is 0.305 e. The SMILES string of the molecule is CCC(CC)C(Nc1ccc(C(=O)N(C)CCC(=O)O)cc1)c1sc2ccccc2c1C. The molecule has 0 aliphatic heterocycles. The van der Waals surface area contributed by atoms with E-state index in [2.05, 4.69) is 50.4 Å². The molecule has 3 aromatic rings. The van der Waals surface area contributed by atoms with Gasteiger partial charge in [-0.15, -0.1) is 11.3 Å². The molecule has 0 saturated carbocycles. The zero-order valence-corrected chi connectivity index (χ0v) is 20.0. The molecule has 5 nitrogen and oxygen atoms in total. The van der Waals surface area contributed by atoms with Gasteiger partial charge in [0.2, 0.25) is 0 Å². The van der Waals surface area contributed by atoms with E-state index in [1.54, 1.807) is 7.05 Å². The number of carbonyl (C=O) groups is 2. The van der Waals surface area contributed by atoms with Gasteiger partial charge in [0.25, 0.3) is 5.91 Å². The highest BCUT2D eigenvalue weighted by molar-refractivity contribution is 7.19. The Morgan fingerprint density at radius 2 is 1.72 bits per heavy atom. The Kier molecular flexibility index (Phi) is 7.91. The second kappa shape index (κ2) is 10.6. The second-order valence-electron chi connectivity index (χ2n) is 8.23. The number of hydrogen-bond acceptors (Lipinski definition) is 4. The number of hydrogen-bond donors (Lipinski definition) is 2. The van der Waals surface area contributed by atoms with Crippen LogP contribution in [0.25, 0.3) is 10.1 Å². The predicted molar refractivity (Wildman–Crippen MR) is 133 cm³/mol. The van der Waals surface area contributed by atoms with Crippen LogP contribution in [0.3, 0.4) is 0 Å². The summed E-state index contributed by atoms with van der Waals surface area (Å²) in [6, 6.07) is 16.2. The first-order valence-electron chi connectivity index (χ1n) is 11.2. The van der Waals surface area contributed by atoms with Crippen LogP contribution in [0.4, 0.5) is 5.69 Å². The molecule has 1 heterocycles. The first-order valence-corrected chi connectivity index (χ1v) is 12.0. The second-order valence-corrected chi connectivity index (χ2v) is 9.32. The molecule has 0 spiro atoms. The summed E-state index contributed by atoms with van der Waals surface area (Å²) in [4.78, 5) is 26.2. The van der Waals surface area contributed by atoms with E-state index in [1.807, 2.05) is 35.6 Å². The van der Waals surface area contributed by atoms with Crippen LogP contribution in [0.2, 0.25) is 0 Å². The molecule has 0 saturated heterocycles. The van der Waals surface area contributed by atoms with Crippen LogP contribution < -0.4 is 5.32 Å². The van der Waals surface area contributed by atoms with E-state index in [4.69, 9.17) is 5.11 Å². The number of aryl methyl sites for hydroxylation is 1. The lowest BCUT2D eigenvalue weighted by molar-refractivity contribution is -0.137. The van der Waals surface area contributed by atoms with Crippen LogP contribution in [0.15, 0.2) is 48.5 Å². The van der Waals surface area contributed by atoms with Crippen LogP contribution in [0.1, 0.15) is 60.0 Å². The predicted octanol–water partition coefficient (Wildman–Crippen LogP) is 6.35. The van der Waals surface area contributed by atoms with Crippen LogP contribution in [0.5, 0.6) is 0 Å². The van der Waals surface area contributed by atoms with Gasteiger partial charge in [0.1, 0.15) is 0 Å². The fourth-order valence-corrected chi connectivity index (χ4v) is 5.48. The zero-order valence-electron chi connectivity index (χ0n) is 19.2. The monoisotopic (exact) mass is 452 g/mol. The molecular formula is C26H32N2O3S. The normalized spacial score (nSPS) is 12.2. The number of aliphatic carboxylic acids is 1. The third kappa shape index (κ3) is 5.30. The summed E-state index contributed by atoms with van der Waals surface area (Å²) >= 11 is 1.86. The molecular weight excluding hydrogens is 420 g/mol. The van der Waals surface area contributed by atoms with E-state index < -0.39 is 5.97 Å². The molecule has 1 atom stereocenters. The summed E-state index contributed by atoms with van der Waals surface area (Å²) in [6.07, 6.45) is 2.09. The third-order valence-electron chi connectivity index (χ3n) is 6.15. The van der Waals surface area contributed by atoms with E-state index in [0.717, 1.165) is 18.5 Å². The maximum atomic E-state index is 12.6. The Morgan fingerprint density at radius 3 is 2.31 bits per heavy atom. The molecule has 1 unspecified atom stereocenters. The van der Waals surface area contributed by atoms with Crippen molar-refractivity contribution in [2.45, 2.75) is 46.1 Å². The van der Waals surface area contributed by atoms with Gasteiger partial charge in [-0.25, -0.2) is 0 Å². The van der Waals surface area contributed by atoms with Crippen LogP contribution in [-0.2, 0) is 4.79 Å². The van der Waals surface area contributed by atoms with Crippen molar-refractivity contribution in [2.75, 3.05) is 18.9 Å². The Morgan fingerprint density at radius 1 is 1.06 bits per heavy atom. The summed E-state index contributed by atoms with van der Waals surface area (Å²) in [6.45, 7) is 6.87. The zero-order chi connectivity index (χ0) is 23.3. The Balaban J connectivity index is 1.83. The summed E-state index contributed by atoms with van der Waals surface area (Å²) in [5.74, 6) is -0.590. The summed E-state index contributed by atoms with van der Waals surface area (Å²) in [5, 5.41) is 13.9. The standard InChI is InChI=1S/C26H32N2O3S/c1-5-18(6-2)24(25-17(3)21-9-7-8-10-22(21)32-25)27-20-13-11-19(12-14-20)26(31)28(4)16-15-23(29)30/h7-14,18,24,27H,5-6,15-16H2,1-4H3,(H,29,30). The van der Waals surface area contributed by atoms with Crippen molar-refractivity contribution in [1.29, 1.82) is 0 Å². The highest BCUT2D eigenvalue weighted by atomic mass is 32.1. The number of amides is 1. The Hall–Kier alpha value is -2.86. The number of nitrogens with one attached hydrogen (secondary N) is 1. The van der Waals surface area contributed by atoms with Gasteiger partial charge in [-0.3, -0.25) is 9.59 Å². The molecule has 170 valence electrons. The molecule has 2 aromatic carbocycles. The van der Waals surface area contributed by atoms with Crippen molar-refractivity contribution in [3.8, 4) is 0 Å². The first-order chi connectivity index (χ1) is 15.3. The van der Waals surface area contributed by atoms with Crippen LogP contribution in [-0.4, -0.2) is 35.5 Å².